The minimum Gasteiger partial charge on any atom is -0.403 e. The number of anilines is 1. The molecule has 1 aliphatic rings. The maximum atomic E-state index is 14.4. The highest BCUT2D eigenvalue weighted by Gasteiger charge is 2.34. The van der Waals surface area contributed by atoms with Crippen molar-refractivity contribution in [3.63, 3.8) is 0 Å². The Bertz CT molecular complexity index is 1300. The van der Waals surface area contributed by atoms with Gasteiger partial charge in [0.05, 0.1) is 16.8 Å². The van der Waals surface area contributed by atoms with Crippen molar-refractivity contribution >= 4 is 22.8 Å². The Morgan fingerprint density at radius 3 is 2.58 bits per heavy atom. The molecule has 0 bridgehead atoms. The Morgan fingerprint density at radius 2 is 1.87 bits per heavy atom. The van der Waals surface area contributed by atoms with Gasteiger partial charge in [0.1, 0.15) is 29.6 Å². The van der Waals surface area contributed by atoms with Gasteiger partial charge in [-0.15, -0.1) is 5.10 Å². The molecule has 3 heterocycles. The quantitative estimate of drug-likeness (QED) is 0.396. The second kappa shape index (κ2) is 7.13. The fraction of sp³-hybridized carbons (Fsp3) is 0.150. The minimum absolute atomic E-state index is 0.00836. The number of carbonyl (C=O) groups excluding carboxylic acids is 1. The fourth-order valence-corrected chi connectivity index (χ4v) is 3.56. The summed E-state index contributed by atoms with van der Waals surface area (Å²) in [6.07, 6.45) is -0.992. The number of halogens is 3. The molecule has 11 heteroatoms. The van der Waals surface area contributed by atoms with E-state index < -0.39 is 35.5 Å². The lowest BCUT2D eigenvalue weighted by molar-refractivity contribution is -0.120. The van der Waals surface area contributed by atoms with Crippen molar-refractivity contribution < 1.29 is 27.5 Å². The predicted octanol–water partition coefficient (Wildman–Crippen LogP) is 2.57. The molecule has 1 aliphatic heterocycles. The van der Waals surface area contributed by atoms with E-state index in [9.17, 15) is 23.1 Å². The van der Waals surface area contributed by atoms with Crippen LogP contribution in [0, 0.1) is 17.5 Å². The van der Waals surface area contributed by atoms with Crippen molar-refractivity contribution in [3.8, 4) is 22.7 Å². The third-order valence-electron chi connectivity index (χ3n) is 5.03. The molecule has 1 saturated heterocycles. The van der Waals surface area contributed by atoms with Gasteiger partial charge in [-0.05, 0) is 35.9 Å². The van der Waals surface area contributed by atoms with E-state index in [1.807, 2.05) is 0 Å². The second-order valence-electron chi connectivity index (χ2n) is 7.04. The number of nitrogens with zero attached hydrogens (tertiary/aromatic N) is 2. The average Bonchev–Trinajstić information content (AvgIpc) is 3.42. The van der Waals surface area contributed by atoms with Crippen LogP contribution in [0.1, 0.15) is 0 Å². The molecule has 0 spiro atoms. The maximum Gasteiger partial charge on any atom is 0.316 e. The first kappa shape index (κ1) is 19.1. The first-order valence-corrected chi connectivity index (χ1v) is 9.23. The molecule has 2 aromatic heterocycles. The number of H-pyrrole nitrogens is 1. The molecule has 31 heavy (non-hydrogen) atoms. The Balaban J connectivity index is 1.63. The van der Waals surface area contributed by atoms with E-state index in [0.717, 1.165) is 12.1 Å². The largest absolute Gasteiger partial charge is 0.403 e. The number of aromatic nitrogens is 3. The van der Waals surface area contributed by atoms with E-state index in [1.54, 1.807) is 0 Å². The maximum absolute atomic E-state index is 14.4. The van der Waals surface area contributed by atoms with Crippen LogP contribution in [0.15, 0.2) is 40.8 Å². The number of benzene rings is 2. The number of hydrogen-bond donors (Lipinski definition) is 4. The highest BCUT2D eigenvalue weighted by atomic mass is 19.1. The van der Waals surface area contributed by atoms with Crippen molar-refractivity contribution in [3.05, 3.63) is 53.8 Å². The van der Waals surface area contributed by atoms with Gasteiger partial charge in [0.2, 0.25) is 5.91 Å². The lowest BCUT2D eigenvalue weighted by Gasteiger charge is -2.10. The van der Waals surface area contributed by atoms with Gasteiger partial charge in [-0.1, -0.05) is 5.10 Å². The van der Waals surface area contributed by atoms with Crippen molar-refractivity contribution in [2.75, 3.05) is 11.9 Å². The number of nitrogens with one attached hydrogen (secondary N) is 3. The van der Waals surface area contributed by atoms with Gasteiger partial charge in [0, 0.05) is 18.0 Å². The summed E-state index contributed by atoms with van der Waals surface area (Å²) in [5.74, 6) is -2.62. The monoisotopic (exact) mass is 429 g/mol. The highest BCUT2D eigenvalue weighted by Crippen LogP contribution is 2.39. The zero-order chi connectivity index (χ0) is 21.7. The van der Waals surface area contributed by atoms with Crippen molar-refractivity contribution in [1.82, 2.24) is 20.5 Å². The summed E-state index contributed by atoms with van der Waals surface area (Å²) < 4.78 is 47.4. The van der Waals surface area contributed by atoms with Crippen LogP contribution in [0.3, 0.4) is 0 Å². The SMILES string of the molecule is O=C1NC[C@@H](O)[C@@H]1Nc1nnc(-c2c(-c3ccc(F)cc3)[nH]c3c(F)cc(F)cc23)o1. The lowest BCUT2D eigenvalue weighted by atomic mass is 10.0. The third kappa shape index (κ3) is 3.28. The number of β-amino-alcohol motifs (C(OH)–C–C–N with tert-alkyl or cyclic N) is 1. The fourth-order valence-electron chi connectivity index (χ4n) is 3.56. The van der Waals surface area contributed by atoms with Crippen LogP contribution in [0.4, 0.5) is 19.2 Å². The third-order valence-corrected chi connectivity index (χ3v) is 5.03. The molecule has 1 amide bonds. The first-order chi connectivity index (χ1) is 14.9. The second-order valence-corrected chi connectivity index (χ2v) is 7.04. The van der Waals surface area contributed by atoms with E-state index in [4.69, 9.17) is 4.42 Å². The molecule has 5 rings (SSSR count). The number of hydrogen-bond acceptors (Lipinski definition) is 6. The summed E-state index contributed by atoms with van der Waals surface area (Å²) in [7, 11) is 0. The Morgan fingerprint density at radius 1 is 1.10 bits per heavy atom. The molecular formula is C20H14F3N5O3. The van der Waals surface area contributed by atoms with Gasteiger partial charge in [0.15, 0.2) is 0 Å². The molecule has 0 unspecified atom stereocenters. The van der Waals surface area contributed by atoms with Crippen molar-refractivity contribution in [2.45, 2.75) is 12.1 Å². The Hall–Kier alpha value is -3.86. The minimum atomic E-state index is -0.992. The number of aromatic amines is 1. The number of aliphatic hydroxyl groups excluding tert-OH is 1. The molecule has 2 aromatic carbocycles. The zero-order valence-corrected chi connectivity index (χ0v) is 15.6. The standard InChI is InChI=1S/C20H14F3N5O3/c21-9-3-1-8(2-4-9)15-14(11-5-10(22)6-12(23)16(11)25-15)19-27-28-20(31-19)26-17-13(29)7-24-18(17)30/h1-6,13,17,25,29H,7H2,(H,24,30)(H,26,28)/t13-,17+/m1/s1. The van der Waals surface area contributed by atoms with E-state index in [-0.39, 0.29) is 34.9 Å². The van der Waals surface area contributed by atoms with Gasteiger partial charge in [0.25, 0.3) is 5.89 Å². The topological polar surface area (TPSA) is 116 Å². The van der Waals surface area contributed by atoms with Gasteiger partial charge in [-0.2, -0.15) is 0 Å². The lowest BCUT2D eigenvalue weighted by Crippen LogP contribution is -2.36. The van der Waals surface area contributed by atoms with E-state index in [0.29, 0.717) is 11.3 Å². The predicted molar refractivity (Wildman–Crippen MR) is 103 cm³/mol. The highest BCUT2D eigenvalue weighted by molar-refractivity contribution is 6.02. The molecule has 4 N–H and O–H groups in total. The first-order valence-electron chi connectivity index (χ1n) is 9.23. The van der Waals surface area contributed by atoms with E-state index in [1.165, 1.54) is 24.3 Å². The van der Waals surface area contributed by atoms with Crippen LogP contribution in [-0.2, 0) is 4.79 Å². The van der Waals surface area contributed by atoms with Crippen LogP contribution < -0.4 is 10.6 Å². The van der Waals surface area contributed by atoms with Crippen LogP contribution in [0.25, 0.3) is 33.6 Å². The van der Waals surface area contributed by atoms with Crippen molar-refractivity contribution in [1.29, 1.82) is 0 Å². The van der Waals surface area contributed by atoms with Gasteiger partial charge < -0.3 is 25.1 Å². The Labute approximate surface area is 172 Å². The van der Waals surface area contributed by atoms with Crippen LogP contribution in [0.5, 0.6) is 0 Å². The van der Waals surface area contributed by atoms with E-state index >= 15 is 0 Å². The van der Waals surface area contributed by atoms with Gasteiger partial charge in [-0.25, -0.2) is 13.2 Å². The number of rotatable bonds is 4. The van der Waals surface area contributed by atoms with Crippen LogP contribution in [-0.4, -0.2) is 44.9 Å². The number of aliphatic hydroxyl groups is 1. The Kier molecular flexibility index (Phi) is 4.40. The summed E-state index contributed by atoms with van der Waals surface area (Å²) in [4.78, 5) is 14.7. The number of fused-ring (bicyclic) bond motifs is 1. The van der Waals surface area contributed by atoms with E-state index in [2.05, 4.69) is 25.8 Å². The van der Waals surface area contributed by atoms with Gasteiger partial charge >= 0.3 is 6.01 Å². The summed E-state index contributed by atoms with van der Waals surface area (Å²) in [5.41, 5.74) is 1.00. The van der Waals surface area contributed by atoms with Crippen LogP contribution in [0.2, 0.25) is 0 Å². The normalized spacial score (nSPS) is 18.5. The molecule has 1 fully saturated rings. The molecule has 0 radical (unpaired) electrons. The molecule has 158 valence electrons. The average molecular weight is 429 g/mol. The van der Waals surface area contributed by atoms with Crippen LogP contribution >= 0.6 is 0 Å². The molecule has 0 saturated carbocycles. The number of amides is 1. The summed E-state index contributed by atoms with van der Waals surface area (Å²) >= 11 is 0. The number of carbonyl (C=O) groups is 1. The smallest absolute Gasteiger partial charge is 0.316 e. The summed E-state index contributed by atoms with van der Waals surface area (Å²) in [6.45, 7) is 0.0766. The van der Waals surface area contributed by atoms with Gasteiger partial charge in [-0.3, -0.25) is 4.79 Å². The molecule has 4 aromatic rings. The molecular weight excluding hydrogens is 415 g/mol. The summed E-state index contributed by atoms with van der Waals surface area (Å²) in [5, 5.41) is 22.9. The molecule has 0 aliphatic carbocycles. The zero-order valence-electron chi connectivity index (χ0n) is 15.6. The van der Waals surface area contributed by atoms with Crippen molar-refractivity contribution in [2.24, 2.45) is 0 Å². The molecule has 2 atom stereocenters. The summed E-state index contributed by atoms with van der Waals surface area (Å²) in [6, 6.07) is 6.08. The molecule has 8 nitrogen and oxygen atoms in total.